The highest BCUT2D eigenvalue weighted by Gasteiger charge is 2.00. The number of anilines is 1. The van der Waals surface area contributed by atoms with Gasteiger partial charge in [0.15, 0.2) is 0 Å². The third-order valence-corrected chi connectivity index (χ3v) is 2.38. The third kappa shape index (κ3) is 4.57. The van der Waals surface area contributed by atoms with Gasteiger partial charge in [-0.3, -0.25) is 0 Å². The van der Waals surface area contributed by atoms with E-state index in [1.54, 1.807) is 6.26 Å². The second-order valence-electron chi connectivity index (χ2n) is 3.74. The van der Waals surface area contributed by atoms with Gasteiger partial charge in [0.1, 0.15) is 6.61 Å². The van der Waals surface area contributed by atoms with E-state index in [1.807, 2.05) is 24.3 Å². The third-order valence-electron chi connectivity index (χ3n) is 1.93. The molecule has 0 amide bonds. The molecular formula is C12H17NO2S. The Morgan fingerprint density at radius 2 is 2.00 bits per heavy atom. The lowest BCUT2D eigenvalue weighted by atomic mass is 10.2. The van der Waals surface area contributed by atoms with E-state index >= 15 is 0 Å². The Labute approximate surface area is 101 Å². The summed E-state index contributed by atoms with van der Waals surface area (Å²) in [7, 11) is 0. The number of benzene rings is 1. The molecule has 0 fully saturated rings. The van der Waals surface area contributed by atoms with Crippen molar-refractivity contribution in [1.82, 2.24) is 0 Å². The average Bonchev–Trinajstić information content (AvgIpc) is 2.27. The van der Waals surface area contributed by atoms with Crippen molar-refractivity contribution in [2.45, 2.75) is 26.5 Å². The van der Waals surface area contributed by atoms with Gasteiger partial charge in [0.05, 0.1) is 0 Å². The number of rotatable bonds is 4. The topological polar surface area (TPSA) is 38.3 Å². The van der Waals surface area contributed by atoms with Crippen molar-refractivity contribution in [1.29, 1.82) is 0 Å². The van der Waals surface area contributed by atoms with E-state index in [9.17, 15) is 4.79 Å². The van der Waals surface area contributed by atoms with Crippen LogP contribution in [-0.4, -0.2) is 17.6 Å². The van der Waals surface area contributed by atoms with Crippen molar-refractivity contribution >= 4 is 22.8 Å². The molecule has 4 heteroatoms. The van der Waals surface area contributed by atoms with Gasteiger partial charge in [-0.15, -0.1) is 0 Å². The Morgan fingerprint density at radius 3 is 2.50 bits per heavy atom. The Hall–Kier alpha value is -1.16. The molecule has 0 aliphatic heterocycles. The highest BCUT2D eigenvalue weighted by molar-refractivity contribution is 8.12. The number of hydrogen-bond donors (Lipinski definition) is 1. The lowest BCUT2D eigenvalue weighted by Crippen LogP contribution is -2.09. The molecule has 3 nitrogen and oxygen atoms in total. The number of hydrogen-bond acceptors (Lipinski definition) is 4. The summed E-state index contributed by atoms with van der Waals surface area (Å²) in [4.78, 5) is 10.9. The largest absolute Gasteiger partial charge is 0.453 e. The lowest BCUT2D eigenvalue weighted by molar-refractivity contribution is 0.169. The van der Waals surface area contributed by atoms with Gasteiger partial charge < -0.3 is 10.1 Å². The molecule has 0 saturated carbocycles. The molecule has 0 spiro atoms. The number of thioether (sulfide) groups is 1. The maximum absolute atomic E-state index is 10.9. The summed E-state index contributed by atoms with van der Waals surface area (Å²) in [5.41, 5.74) is 2.08. The van der Waals surface area contributed by atoms with Gasteiger partial charge in [0, 0.05) is 11.7 Å². The molecular weight excluding hydrogens is 222 g/mol. The Kier molecular flexibility index (Phi) is 5.19. The van der Waals surface area contributed by atoms with Crippen LogP contribution in [0.5, 0.6) is 0 Å². The smallest absolute Gasteiger partial charge is 0.367 e. The van der Waals surface area contributed by atoms with E-state index in [0.29, 0.717) is 12.6 Å². The van der Waals surface area contributed by atoms with Crippen molar-refractivity contribution < 1.29 is 9.53 Å². The summed E-state index contributed by atoms with van der Waals surface area (Å²) in [5, 5.41) is 3.05. The van der Waals surface area contributed by atoms with Gasteiger partial charge in [-0.1, -0.05) is 12.1 Å². The molecule has 1 aromatic carbocycles. The van der Waals surface area contributed by atoms with Crippen molar-refractivity contribution in [3.63, 3.8) is 0 Å². The van der Waals surface area contributed by atoms with Crippen molar-refractivity contribution in [3.8, 4) is 0 Å². The fourth-order valence-electron chi connectivity index (χ4n) is 1.23. The molecule has 0 heterocycles. The number of carbonyl (C=O) groups excluding carboxylic acids is 1. The molecule has 0 aromatic heterocycles. The van der Waals surface area contributed by atoms with Gasteiger partial charge in [0.2, 0.25) is 0 Å². The Bertz CT molecular complexity index is 335. The van der Waals surface area contributed by atoms with Crippen molar-refractivity contribution in [3.05, 3.63) is 29.8 Å². The molecule has 0 radical (unpaired) electrons. The Morgan fingerprint density at radius 1 is 1.38 bits per heavy atom. The monoisotopic (exact) mass is 239 g/mol. The van der Waals surface area contributed by atoms with Crippen molar-refractivity contribution in [2.24, 2.45) is 0 Å². The molecule has 0 aliphatic carbocycles. The van der Waals surface area contributed by atoms with E-state index in [0.717, 1.165) is 23.0 Å². The summed E-state index contributed by atoms with van der Waals surface area (Å²) in [6, 6.07) is 8.31. The summed E-state index contributed by atoms with van der Waals surface area (Å²) >= 11 is 1.08. The maximum atomic E-state index is 10.9. The number of ether oxygens (including phenoxy) is 1. The van der Waals surface area contributed by atoms with Crippen LogP contribution in [-0.2, 0) is 11.3 Å². The highest BCUT2D eigenvalue weighted by Crippen LogP contribution is 2.12. The summed E-state index contributed by atoms with van der Waals surface area (Å²) in [5.74, 6) is 0. The zero-order chi connectivity index (χ0) is 12.0. The van der Waals surface area contributed by atoms with Crippen LogP contribution < -0.4 is 5.32 Å². The molecule has 0 saturated heterocycles. The van der Waals surface area contributed by atoms with E-state index in [-0.39, 0.29) is 5.30 Å². The normalized spacial score (nSPS) is 10.2. The fraction of sp³-hybridized carbons (Fsp3) is 0.417. The summed E-state index contributed by atoms with van der Waals surface area (Å²) in [6.45, 7) is 4.52. The lowest BCUT2D eigenvalue weighted by Gasteiger charge is -2.10. The molecule has 88 valence electrons. The van der Waals surface area contributed by atoms with Crippen LogP contribution in [0.15, 0.2) is 24.3 Å². The van der Waals surface area contributed by atoms with E-state index < -0.39 is 0 Å². The first-order valence-electron chi connectivity index (χ1n) is 5.18. The predicted molar refractivity (Wildman–Crippen MR) is 68.9 cm³/mol. The Balaban J connectivity index is 2.48. The zero-order valence-corrected chi connectivity index (χ0v) is 10.6. The molecule has 0 atom stereocenters. The van der Waals surface area contributed by atoms with Gasteiger partial charge in [0.25, 0.3) is 0 Å². The first-order chi connectivity index (χ1) is 7.61. The summed E-state index contributed by atoms with van der Waals surface area (Å²) < 4.78 is 5.00. The van der Waals surface area contributed by atoms with E-state index in [4.69, 9.17) is 4.74 Å². The fourth-order valence-corrected chi connectivity index (χ4v) is 1.41. The minimum atomic E-state index is -0.246. The predicted octanol–water partition coefficient (Wildman–Crippen LogP) is 3.51. The van der Waals surface area contributed by atoms with Gasteiger partial charge in [-0.05, 0) is 49.6 Å². The first-order valence-corrected chi connectivity index (χ1v) is 6.40. The van der Waals surface area contributed by atoms with Crippen LogP contribution in [0.2, 0.25) is 0 Å². The molecule has 0 aliphatic rings. The van der Waals surface area contributed by atoms with E-state index in [2.05, 4.69) is 19.2 Å². The van der Waals surface area contributed by atoms with Crippen LogP contribution in [0.1, 0.15) is 19.4 Å². The van der Waals surface area contributed by atoms with Crippen LogP contribution in [0.3, 0.4) is 0 Å². The van der Waals surface area contributed by atoms with Gasteiger partial charge >= 0.3 is 5.30 Å². The first kappa shape index (κ1) is 12.9. The molecule has 16 heavy (non-hydrogen) atoms. The SMILES string of the molecule is CSC(=O)OCc1ccc(NC(C)C)cc1. The summed E-state index contributed by atoms with van der Waals surface area (Å²) in [6.07, 6.45) is 1.71. The standard InChI is InChI=1S/C12H17NO2S/c1-9(2)13-11-6-4-10(5-7-11)8-15-12(14)16-3/h4-7,9,13H,8H2,1-3H3. The number of nitrogens with one attached hydrogen (secondary N) is 1. The van der Waals surface area contributed by atoms with Gasteiger partial charge in [-0.2, -0.15) is 0 Å². The zero-order valence-electron chi connectivity index (χ0n) is 9.82. The molecule has 1 aromatic rings. The number of carbonyl (C=O) groups is 1. The molecule has 1 rings (SSSR count). The molecule has 0 bridgehead atoms. The minimum Gasteiger partial charge on any atom is -0.453 e. The maximum Gasteiger partial charge on any atom is 0.367 e. The second-order valence-corrected chi connectivity index (χ2v) is 4.48. The van der Waals surface area contributed by atoms with Crippen LogP contribution >= 0.6 is 11.8 Å². The second kappa shape index (κ2) is 6.43. The minimum absolute atomic E-state index is 0.246. The average molecular weight is 239 g/mol. The van der Waals surface area contributed by atoms with Crippen molar-refractivity contribution in [2.75, 3.05) is 11.6 Å². The quantitative estimate of drug-likeness (QED) is 0.816. The van der Waals surface area contributed by atoms with Gasteiger partial charge in [-0.25, -0.2) is 4.79 Å². The van der Waals surface area contributed by atoms with Crippen LogP contribution in [0, 0.1) is 0 Å². The van der Waals surface area contributed by atoms with Crippen LogP contribution in [0.4, 0.5) is 10.5 Å². The van der Waals surface area contributed by atoms with Crippen LogP contribution in [0.25, 0.3) is 0 Å². The van der Waals surface area contributed by atoms with E-state index in [1.165, 1.54) is 0 Å². The molecule has 1 N–H and O–H groups in total. The highest BCUT2D eigenvalue weighted by atomic mass is 32.2. The molecule has 0 unspecified atom stereocenters.